The number of ether oxygens (including phenoxy) is 1. The molecular formula is C20H20ClNO2S. The molecule has 3 rings (SSSR count). The number of nitrogens with zero attached hydrogens (tertiary/aromatic N) is 1. The third kappa shape index (κ3) is 4.39. The smallest absolute Gasteiger partial charge is 0.279 e. The van der Waals surface area contributed by atoms with Crippen molar-refractivity contribution >= 4 is 38.9 Å². The summed E-state index contributed by atoms with van der Waals surface area (Å²) in [6.45, 7) is 6.08. The molecule has 0 saturated heterocycles. The number of carbonyl (C=O) groups is 1. The average molecular weight is 374 g/mol. The number of carbonyl (C=O) groups excluding carboxylic acids is 1. The maximum Gasteiger partial charge on any atom is 0.279 e. The SMILES string of the molecule is CC(C)CC(=O)C(C)c1ccc(Oc2nc3ccc(Cl)cc3s2)cc1. The van der Waals surface area contributed by atoms with Gasteiger partial charge in [0.2, 0.25) is 0 Å². The monoisotopic (exact) mass is 373 g/mol. The lowest BCUT2D eigenvalue weighted by molar-refractivity contribution is -0.120. The lowest BCUT2D eigenvalue weighted by Crippen LogP contribution is -2.11. The molecule has 3 aromatic rings. The number of hydrogen-bond donors (Lipinski definition) is 0. The van der Waals surface area contributed by atoms with Gasteiger partial charge >= 0.3 is 0 Å². The number of halogens is 1. The van der Waals surface area contributed by atoms with Crippen molar-refractivity contribution in [3.8, 4) is 10.9 Å². The summed E-state index contributed by atoms with van der Waals surface area (Å²) in [6, 6.07) is 13.2. The summed E-state index contributed by atoms with van der Waals surface area (Å²) in [5.74, 6) is 1.26. The van der Waals surface area contributed by atoms with Crippen LogP contribution >= 0.6 is 22.9 Å². The Bertz CT molecular complexity index is 886. The Morgan fingerprint density at radius 3 is 2.56 bits per heavy atom. The van der Waals surface area contributed by atoms with Gasteiger partial charge in [0, 0.05) is 17.4 Å². The number of aromatic nitrogens is 1. The van der Waals surface area contributed by atoms with E-state index in [1.54, 1.807) is 0 Å². The summed E-state index contributed by atoms with van der Waals surface area (Å²) in [5.41, 5.74) is 1.88. The molecule has 1 atom stereocenters. The number of fused-ring (bicyclic) bond motifs is 1. The second kappa shape index (κ2) is 7.54. The van der Waals surface area contributed by atoms with Crippen LogP contribution in [0.5, 0.6) is 10.9 Å². The van der Waals surface area contributed by atoms with Gasteiger partial charge in [-0.3, -0.25) is 4.79 Å². The number of thiazole rings is 1. The summed E-state index contributed by atoms with van der Waals surface area (Å²) in [7, 11) is 0. The van der Waals surface area contributed by atoms with Crippen LogP contribution in [0, 0.1) is 5.92 Å². The molecule has 1 heterocycles. The first kappa shape index (κ1) is 17.9. The fraction of sp³-hybridized carbons (Fsp3) is 0.300. The fourth-order valence-corrected chi connectivity index (χ4v) is 3.72. The Balaban J connectivity index is 1.72. The van der Waals surface area contributed by atoms with Crippen molar-refractivity contribution in [3.63, 3.8) is 0 Å². The van der Waals surface area contributed by atoms with E-state index in [2.05, 4.69) is 18.8 Å². The minimum atomic E-state index is -0.0963. The van der Waals surface area contributed by atoms with Crippen LogP contribution in [0.25, 0.3) is 10.2 Å². The maximum atomic E-state index is 12.2. The standard InChI is InChI=1S/C20H20ClNO2S/c1-12(2)10-18(23)13(3)14-4-7-16(8-5-14)24-20-22-17-9-6-15(21)11-19(17)25-20/h4-9,11-13H,10H2,1-3H3. The Kier molecular flexibility index (Phi) is 5.40. The molecule has 3 nitrogen and oxygen atoms in total. The van der Waals surface area contributed by atoms with Gasteiger partial charge in [0.15, 0.2) is 0 Å². The Morgan fingerprint density at radius 2 is 1.88 bits per heavy atom. The van der Waals surface area contributed by atoms with Gasteiger partial charge in [-0.2, -0.15) is 0 Å². The molecule has 0 N–H and O–H groups in total. The Morgan fingerprint density at radius 1 is 1.16 bits per heavy atom. The molecule has 25 heavy (non-hydrogen) atoms. The van der Waals surface area contributed by atoms with Crippen LogP contribution in [0.2, 0.25) is 5.02 Å². The van der Waals surface area contributed by atoms with Crippen LogP contribution < -0.4 is 4.74 Å². The predicted octanol–water partition coefficient (Wildman–Crippen LogP) is 6.46. The first-order valence-electron chi connectivity index (χ1n) is 8.29. The van der Waals surface area contributed by atoms with Crippen LogP contribution in [0.1, 0.15) is 38.7 Å². The van der Waals surface area contributed by atoms with Crippen LogP contribution in [-0.2, 0) is 4.79 Å². The Labute approximate surface area is 156 Å². The molecule has 0 aliphatic carbocycles. The zero-order valence-electron chi connectivity index (χ0n) is 14.5. The number of ketones is 1. The molecular weight excluding hydrogens is 354 g/mol. The van der Waals surface area contributed by atoms with Gasteiger partial charge < -0.3 is 4.74 Å². The minimum Gasteiger partial charge on any atom is -0.431 e. The van der Waals surface area contributed by atoms with E-state index in [-0.39, 0.29) is 11.7 Å². The topological polar surface area (TPSA) is 39.2 Å². The number of rotatable bonds is 6. The summed E-state index contributed by atoms with van der Waals surface area (Å²) in [4.78, 5) is 16.7. The molecule has 0 bridgehead atoms. The molecule has 0 spiro atoms. The molecule has 130 valence electrons. The van der Waals surface area contributed by atoms with Crippen molar-refractivity contribution in [1.82, 2.24) is 4.98 Å². The van der Waals surface area contributed by atoms with Crippen molar-refractivity contribution in [3.05, 3.63) is 53.1 Å². The highest BCUT2D eigenvalue weighted by Crippen LogP contribution is 2.33. The normalized spacial score (nSPS) is 12.5. The van der Waals surface area contributed by atoms with E-state index in [4.69, 9.17) is 16.3 Å². The highest BCUT2D eigenvalue weighted by molar-refractivity contribution is 7.20. The maximum absolute atomic E-state index is 12.2. The lowest BCUT2D eigenvalue weighted by Gasteiger charge is -2.13. The van der Waals surface area contributed by atoms with Crippen molar-refractivity contribution in [2.24, 2.45) is 5.92 Å². The first-order valence-corrected chi connectivity index (χ1v) is 9.48. The van der Waals surface area contributed by atoms with E-state index < -0.39 is 0 Å². The van der Waals surface area contributed by atoms with Crippen LogP contribution in [0.4, 0.5) is 0 Å². The summed E-state index contributed by atoms with van der Waals surface area (Å²) < 4.78 is 6.84. The van der Waals surface area contributed by atoms with Gasteiger partial charge in [0.25, 0.3) is 5.19 Å². The molecule has 0 fully saturated rings. The van der Waals surface area contributed by atoms with Gasteiger partial charge in [-0.25, -0.2) is 4.98 Å². The van der Waals surface area contributed by atoms with Gasteiger partial charge in [-0.1, -0.05) is 55.8 Å². The lowest BCUT2D eigenvalue weighted by atomic mass is 9.92. The quantitative estimate of drug-likeness (QED) is 0.497. The molecule has 1 unspecified atom stereocenters. The molecule has 1 aromatic heterocycles. The zero-order chi connectivity index (χ0) is 18.0. The summed E-state index contributed by atoms with van der Waals surface area (Å²) >= 11 is 7.46. The van der Waals surface area contributed by atoms with E-state index in [1.165, 1.54) is 11.3 Å². The fourth-order valence-electron chi connectivity index (χ4n) is 2.61. The van der Waals surface area contributed by atoms with E-state index in [9.17, 15) is 4.79 Å². The predicted molar refractivity (Wildman–Crippen MR) is 104 cm³/mol. The second-order valence-electron chi connectivity index (χ2n) is 6.55. The minimum absolute atomic E-state index is 0.0963. The second-order valence-corrected chi connectivity index (χ2v) is 7.98. The Hall–Kier alpha value is -1.91. The van der Waals surface area contributed by atoms with Gasteiger partial charge in [-0.15, -0.1) is 0 Å². The van der Waals surface area contributed by atoms with Crippen LogP contribution in [0.15, 0.2) is 42.5 Å². The van der Waals surface area contributed by atoms with Gasteiger partial charge in [0.1, 0.15) is 11.5 Å². The zero-order valence-corrected chi connectivity index (χ0v) is 16.0. The molecule has 2 aromatic carbocycles. The molecule has 0 amide bonds. The summed E-state index contributed by atoms with van der Waals surface area (Å²) in [6.07, 6.45) is 0.605. The van der Waals surface area contributed by atoms with Crippen LogP contribution in [0.3, 0.4) is 0 Å². The molecule has 5 heteroatoms. The number of hydrogen-bond acceptors (Lipinski definition) is 4. The molecule has 0 radical (unpaired) electrons. The molecule has 0 aliphatic rings. The average Bonchev–Trinajstić information content (AvgIpc) is 2.95. The number of Topliss-reactive ketones (excluding diaryl/α,β-unsaturated/α-hetero) is 1. The van der Waals surface area contributed by atoms with Crippen molar-refractivity contribution < 1.29 is 9.53 Å². The van der Waals surface area contributed by atoms with Gasteiger partial charge in [-0.05, 0) is 41.8 Å². The largest absolute Gasteiger partial charge is 0.431 e. The van der Waals surface area contributed by atoms with Crippen molar-refractivity contribution in [2.75, 3.05) is 0 Å². The highest BCUT2D eigenvalue weighted by atomic mass is 35.5. The number of benzene rings is 2. The molecule has 0 aliphatic heterocycles. The van der Waals surface area contributed by atoms with E-state index >= 15 is 0 Å². The highest BCUT2D eigenvalue weighted by Gasteiger charge is 2.16. The van der Waals surface area contributed by atoms with Crippen molar-refractivity contribution in [2.45, 2.75) is 33.1 Å². The van der Waals surface area contributed by atoms with E-state index in [0.717, 1.165) is 15.8 Å². The van der Waals surface area contributed by atoms with E-state index in [1.807, 2.05) is 49.4 Å². The van der Waals surface area contributed by atoms with Crippen molar-refractivity contribution in [1.29, 1.82) is 0 Å². The third-order valence-corrected chi connectivity index (χ3v) is 5.14. The van der Waals surface area contributed by atoms with Crippen LogP contribution in [-0.4, -0.2) is 10.8 Å². The summed E-state index contributed by atoms with van der Waals surface area (Å²) in [5, 5.41) is 1.26. The molecule has 0 saturated carbocycles. The third-order valence-electron chi connectivity index (χ3n) is 4.01. The first-order chi connectivity index (χ1) is 11.9. The van der Waals surface area contributed by atoms with Gasteiger partial charge in [0.05, 0.1) is 10.2 Å². The van der Waals surface area contributed by atoms with E-state index in [0.29, 0.717) is 28.3 Å².